The van der Waals surface area contributed by atoms with Gasteiger partial charge < -0.3 is 10.0 Å². The van der Waals surface area contributed by atoms with Crippen LogP contribution < -0.4 is 0 Å². The predicted molar refractivity (Wildman–Crippen MR) is 91.4 cm³/mol. The van der Waals surface area contributed by atoms with E-state index in [-0.39, 0.29) is 23.9 Å². The molecular formula is C19H19ClFNO2. The lowest BCUT2D eigenvalue weighted by atomic mass is 9.89. The van der Waals surface area contributed by atoms with E-state index < -0.39 is 11.4 Å². The van der Waals surface area contributed by atoms with Gasteiger partial charge in [-0.15, -0.1) is 0 Å². The molecule has 1 aliphatic heterocycles. The summed E-state index contributed by atoms with van der Waals surface area (Å²) in [5.41, 5.74) is 1.44. The summed E-state index contributed by atoms with van der Waals surface area (Å²) in [6, 6.07) is 11.7. The van der Waals surface area contributed by atoms with Gasteiger partial charge in [-0.05, 0) is 42.2 Å². The zero-order valence-corrected chi connectivity index (χ0v) is 14.2. The van der Waals surface area contributed by atoms with Crippen LogP contribution in [-0.4, -0.2) is 29.0 Å². The van der Waals surface area contributed by atoms with Gasteiger partial charge in [-0.1, -0.05) is 41.9 Å². The first-order valence-electron chi connectivity index (χ1n) is 7.89. The first-order valence-corrected chi connectivity index (χ1v) is 8.27. The first-order chi connectivity index (χ1) is 11.4. The first kappa shape index (κ1) is 16.9. The van der Waals surface area contributed by atoms with Gasteiger partial charge >= 0.3 is 0 Å². The van der Waals surface area contributed by atoms with Crippen LogP contribution in [0.4, 0.5) is 4.39 Å². The van der Waals surface area contributed by atoms with E-state index in [4.69, 9.17) is 11.6 Å². The van der Waals surface area contributed by atoms with Crippen molar-refractivity contribution in [2.24, 2.45) is 0 Å². The number of carbonyl (C=O) groups is 1. The molecule has 0 bridgehead atoms. The molecule has 1 heterocycles. The molecule has 1 amide bonds. The average molecular weight is 348 g/mol. The van der Waals surface area contributed by atoms with E-state index in [1.54, 1.807) is 4.90 Å². The Labute approximate surface area is 145 Å². The number of halogens is 2. The van der Waals surface area contributed by atoms with Gasteiger partial charge in [0.2, 0.25) is 5.91 Å². The van der Waals surface area contributed by atoms with Crippen LogP contribution in [0.25, 0.3) is 0 Å². The zero-order valence-electron chi connectivity index (χ0n) is 13.4. The number of hydrogen-bond donors (Lipinski definition) is 1. The van der Waals surface area contributed by atoms with Crippen LogP contribution in [0.2, 0.25) is 5.02 Å². The highest BCUT2D eigenvalue weighted by molar-refractivity contribution is 6.31. The van der Waals surface area contributed by atoms with Gasteiger partial charge in [0.05, 0.1) is 13.0 Å². The number of nitrogens with zero attached hydrogens (tertiary/aromatic N) is 1. The number of amides is 1. The Hall–Kier alpha value is -1.91. The third-order valence-electron chi connectivity index (χ3n) is 4.60. The van der Waals surface area contributed by atoms with Crippen molar-refractivity contribution in [2.45, 2.75) is 25.4 Å². The van der Waals surface area contributed by atoms with Gasteiger partial charge in [0.1, 0.15) is 11.4 Å². The van der Waals surface area contributed by atoms with Gasteiger partial charge in [0, 0.05) is 11.6 Å². The lowest BCUT2D eigenvalue weighted by molar-refractivity contribution is -0.130. The molecule has 1 aliphatic rings. The fourth-order valence-corrected chi connectivity index (χ4v) is 3.50. The maximum Gasteiger partial charge on any atom is 0.227 e. The SMILES string of the molecule is Cc1ccccc1[C@@]1(O)CCN(C(=O)Cc2ccc(F)cc2Cl)C1. The van der Waals surface area contributed by atoms with Crippen molar-refractivity contribution < 1.29 is 14.3 Å². The molecule has 0 aliphatic carbocycles. The lowest BCUT2D eigenvalue weighted by Crippen LogP contribution is -2.35. The molecule has 1 saturated heterocycles. The Morgan fingerprint density at radius 2 is 2.08 bits per heavy atom. The molecule has 1 N–H and O–H groups in total. The average Bonchev–Trinajstić information content (AvgIpc) is 2.94. The van der Waals surface area contributed by atoms with Gasteiger partial charge in [-0.3, -0.25) is 4.79 Å². The van der Waals surface area contributed by atoms with Gasteiger partial charge in [-0.2, -0.15) is 0 Å². The second kappa shape index (κ2) is 6.54. The van der Waals surface area contributed by atoms with Crippen LogP contribution in [-0.2, 0) is 16.8 Å². The number of rotatable bonds is 3. The lowest BCUT2D eigenvalue weighted by Gasteiger charge is -2.25. The summed E-state index contributed by atoms with van der Waals surface area (Å²) in [6.45, 7) is 2.70. The van der Waals surface area contributed by atoms with Crippen molar-refractivity contribution in [1.29, 1.82) is 0 Å². The summed E-state index contributed by atoms with van der Waals surface area (Å²) < 4.78 is 13.1. The van der Waals surface area contributed by atoms with Crippen molar-refractivity contribution in [2.75, 3.05) is 13.1 Å². The van der Waals surface area contributed by atoms with Crippen molar-refractivity contribution >= 4 is 17.5 Å². The van der Waals surface area contributed by atoms with E-state index in [0.29, 0.717) is 18.5 Å². The standard InChI is InChI=1S/C19H19ClFNO2/c1-13-4-2-3-5-16(13)19(24)8-9-22(12-19)18(23)10-14-6-7-15(21)11-17(14)20/h2-7,11,24H,8-10,12H2,1H3/t19-/m1/s1. The number of aliphatic hydroxyl groups is 1. The normalized spacial score (nSPS) is 20.4. The molecule has 0 aromatic heterocycles. The number of benzene rings is 2. The molecule has 0 unspecified atom stereocenters. The summed E-state index contributed by atoms with van der Waals surface area (Å²) in [6.07, 6.45) is 0.601. The molecule has 0 radical (unpaired) electrons. The van der Waals surface area contributed by atoms with Crippen LogP contribution in [0.5, 0.6) is 0 Å². The Balaban J connectivity index is 1.73. The van der Waals surface area contributed by atoms with Crippen LogP contribution >= 0.6 is 11.6 Å². The van der Waals surface area contributed by atoms with Crippen molar-refractivity contribution in [3.05, 3.63) is 70.0 Å². The quantitative estimate of drug-likeness (QED) is 0.923. The second-order valence-corrected chi connectivity index (χ2v) is 6.73. The van der Waals surface area contributed by atoms with Crippen LogP contribution in [0.1, 0.15) is 23.1 Å². The minimum absolute atomic E-state index is 0.100. The summed E-state index contributed by atoms with van der Waals surface area (Å²) in [5.74, 6) is -0.542. The van der Waals surface area contributed by atoms with E-state index in [1.807, 2.05) is 31.2 Å². The topological polar surface area (TPSA) is 40.5 Å². The fourth-order valence-electron chi connectivity index (χ4n) is 3.26. The minimum atomic E-state index is -1.02. The number of hydrogen-bond acceptors (Lipinski definition) is 2. The Kier molecular flexibility index (Phi) is 4.61. The third kappa shape index (κ3) is 3.30. The fraction of sp³-hybridized carbons (Fsp3) is 0.316. The Morgan fingerprint density at radius 1 is 1.33 bits per heavy atom. The molecule has 3 rings (SSSR count). The molecule has 24 heavy (non-hydrogen) atoms. The molecule has 2 aromatic rings. The van der Waals surface area contributed by atoms with E-state index in [9.17, 15) is 14.3 Å². The number of carbonyl (C=O) groups excluding carboxylic acids is 1. The highest BCUT2D eigenvalue weighted by Crippen LogP contribution is 2.34. The molecule has 1 atom stereocenters. The molecule has 5 heteroatoms. The third-order valence-corrected chi connectivity index (χ3v) is 4.96. The summed E-state index contributed by atoms with van der Waals surface area (Å²) in [5, 5.41) is 11.2. The molecule has 1 fully saturated rings. The zero-order chi connectivity index (χ0) is 17.3. The Bertz CT molecular complexity index is 780. The van der Waals surface area contributed by atoms with E-state index in [2.05, 4.69) is 0 Å². The van der Waals surface area contributed by atoms with Gasteiger partial charge in [0.15, 0.2) is 0 Å². The molecule has 3 nitrogen and oxygen atoms in total. The molecule has 126 valence electrons. The smallest absolute Gasteiger partial charge is 0.227 e. The van der Waals surface area contributed by atoms with E-state index in [0.717, 1.165) is 11.1 Å². The number of β-amino-alcohol motifs (C(OH)–C–C–N with tert-alkyl or cyclic N) is 1. The highest BCUT2D eigenvalue weighted by Gasteiger charge is 2.40. The van der Waals surface area contributed by atoms with Crippen LogP contribution in [0.3, 0.4) is 0 Å². The highest BCUT2D eigenvalue weighted by atomic mass is 35.5. The van der Waals surface area contributed by atoms with Crippen LogP contribution in [0.15, 0.2) is 42.5 Å². The monoisotopic (exact) mass is 347 g/mol. The van der Waals surface area contributed by atoms with Crippen molar-refractivity contribution in [3.8, 4) is 0 Å². The summed E-state index contributed by atoms with van der Waals surface area (Å²) >= 11 is 5.99. The summed E-state index contributed by atoms with van der Waals surface area (Å²) in [4.78, 5) is 14.2. The molecule has 0 spiro atoms. The molecule has 2 aromatic carbocycles. The van der Waals surface area contributed by atoms with Crippen molar-refractivity contribution in [3.63, 3.8) is 0 Å². The second-order valence-electron chi connectivity index (χ2n) is 6.32. The van der Waals surface area contributed by atoms with Crippen LogP contribution in [0, 0.1) is 12.7 Å². The molecule has 0 saturated carbocycles. The van der Waals surface area contributed by atoms with Gasteiger partial charge in [-0.25, -0.2) is 4.39 Å². The molecular weight excluding hydrogens is 329 g/mol. The van der Waals surface area contributed by atoms with E-state index in [1.165, 1.54) is 18.2 Å². The van der Waals surface area contributed by atoms with Crippen molar-refractivity contribution in [1.82, 2.24) is 4.90 Å². The van der Waals surface area contributed by atoms with E-state index >= 15 is 0 Å². The van der Waals surface area contributed by atoms with Gasteiger partial charge in [0.25, 0.3) is 0 Å². The summed E-state index contributed by atoms with van der Waals surface area (Å²) in [7, 11) is 0. The minimum Gasteiger partial charge on any atom is -0.383 e. The predicted octanol–water partition coefficient (Wildman–Crippen LogP) is 3.45. The maximum atomic E-state index is 13.1. The number of aryl methyl sites for hydroxylation is 1. The maximum absolute atomic E-state index is 13.1. The number of likely N-dealkylation sites (tertiary alicyclic amines) is 1. The largest absolute Gasteiger partial charge is 0.383 e. The Morgan fingerprint density at radius 3 is 2.79 bits per heavy atom.